The summed E-state index contributed by atoms with van der Waals surface area (Å²) in [4.78, 5) is 29.3. The molecule has 2 aliphatic heterocycles. The van der Waals surface area contributed by atoms with Gasteiger partial charge < -0.3 is 19.7 Å². The van der Waals surface area contributed by atoms with Gasteiger partial charge in [-0.15, -0.1) is 11.3 Å². The molecule has 0 bridgehead atoms. The SMILES string of the molecule is CCS(=O)(=O)c1ccc(CNC(=O)c2cc3c(s2)C2(CCN(C(=O)OC(C)(C)C)CC2)O[C@@H](C)C3)cc1. The van der Waals surface area contributed by atoms with E-state index >= 15 is 0 Å². The minimum absolute atomic E-state index is 0.0176. The number of carbonyl (C=O) groups excluding carboxylic acids is 2. The topological polar surface area (TPSA) is 102 Å². The highest BCUT2D eigenvalue weighted by molar-refractivity contribution is 7.91. The van der Waals surface area contributed by atoms with Crippen molar-refractivity contribution in [2.24, 2.45) is 0 Å². The van der Waals surface area contributed by atoms with Crippen LogP contribution in [0.3, 0.4) is 0 Å². The van der Waals surface area contributed by atoms with E-state index < -0.39 is 21.0 Å². The summed E-state index contributed by atoms with van der Waals surface area (Å²) < 4.78 is 36.1. The van der Waals surface area contributed by atoms with E-state index in [2.05, 4.69) is 5.32 Å². The molecular formula is C27H36N2O6S2. The number of likely N-dealkylation sites (tertiary alicyclic amines) is 1. The molecule has 1 N–H and O–H groups in total. The molecule has 37 heavy (non-hydrogen) atoms. The lowest BCUT2D eigenvalue weighted by Gasteiger charge is -2.45. The summed E-state index contributed by atoms with van der Waals surface area (Å²) in [6, 6.07) is 8.58. The molecule has 1 saturated heterocycles. The first-order valence-corrected chi connectivity index (χ1v) is 15.2. The zero-order chi connectivity index (χ0) is 27.0. The number of carbonyl (C=O) groups is 2. The van der Waals surface area contributed by atoms with Crippen LogP contribution in [0.5, 0.6) is 0 Å². The van der Waals surface area contributed by atoms with Crippen molar-refractivity contribution in [2.75, 3.05) is 18.8 Å². The first-order valence-electron chi connectivity index (χ1n) is 12.7. The van der Waals surface area contributed by atoms with E-state index in [0.29, 0.717) is 37.4 Å². The van der Waals surface area contributed by atoms with Crippen molar-refractivity contribution >= 4 is 33.2 Å². The summed E-state index contributed by atoms with van der Waals surface area (Å²) in [5.74, 6) is -0.117. The fraction of sp³-hybridized carbons (Fsp3) is 0.556. The van der Waals surface area contributed by atoms with Gasteiger partial charge in [-0.25, -0.2) is 13.2 Å². The van der Waals surface area contributed by atoms with Gasteiger partial charge in [0.2, 0.25) is 0 Å². The van der Waals surface area contributed by atoms with Gasteiger partial charge in [0.05, 0.1) is 21.6 Å². The second-order valence-electron chi connectivity index (χ2n) is 10.8. The van der Waals surface area contributed by atoms with Crippen molar-refractivity contribution in [1.82, 2.24) is 10.2 Å². The largest absolute Gasteiger partial charge is 0.444 e. The second kappa shape index (κ2) is 10.4. The lowest BCUT2D eigenvalue weighted by Crippen LogP contribution is -2.50. The Kier molecular flexibility index (Phi) is 7.74. The van der Waals surface area contributed by atoms with E-state index in [1.807, 2.05) is 33.8 Å². The summed E-state index contributed by atoms with van der Waals surface area (Å²) in [7, 11) is -3.25. The van der Waals surface area contributed by atoms with Gasteiger partial charge in [-0.3, -0.25) is 4.79 Å². The van der Waals surface area contributed by atoms with Gasteiger partial charge in [0.1, 0.15) is 11.2 Å². The standard InChI is InChI=1S/C27H36N2O6S2/c1-6-37(32,33)21-9-7-19(8-10-21)17-28-24(30)22-16-20-15-18(2)34-27(23(20)36-22)11-13-29(14-12-27)25(31)35-26(3,4)5/h7-10,16,18H,6,11-15,17H2,1-5H3,(H,28,30)/t18-/m0/s1. The number of benzene rings is 1. The molecule has 0 aliphatic carbocycles. The van der Waals surface area contributed by atoms with Crippen molar-refractivity contribution < 1.29 is 27.5 Å². The summed E-state index contributed by atoms with van der Waals surface area (Å²) in [5, 5.41) is 2.95. The van der Waals surface area contributed by atoms with E-state index in [1.165, 1.54) is 11.3 Å². The quantitative estimate of drug-likeness (QED) is 0.583. The molecule has 1 atom stereocenters. The van der Waals surface area contributed by atoms with Gasteiger partial charge >= 0.3 is 6.09 Å². The molecule has 1 aromatic carbocycles. The Balaban J connectivity index is 1.44. The highest BCUT2D eigenvalue weighted by atomic mass is 32.2. The highest BCUT2D eigenvalue weighted by Gasteiger charge is 2.45. The van der Waals surface area contributed by atoms with Crippen LogP contribution in [-0.2, 0) is 37.9 Å². The lowest BCUT2D eigenvalue weighted by molar-refractivity contribution is -0.129. The first kappa shape index (κ1) is 27.6. The average Bonchev–Trinajstić information content (AvgIpc) is 3.27. The highest BCUT2D eigenvalue weighted by Crippen LogP contribution is 2.47. The molecule has 1 spiro atoms. The zero-order valence-electron chi connectivity index (χ0n) is 22.1. The van der Waals surface area contributed by atoms with Gasteiger partial charge in [0.15, 0.2) is 9.84 Å². The summed E-state index contributed by atoms with van der Waals surface area (Å²) in [5.41, 5.74) is 0.914. The molecular weight excluding hydrogens is 512 g/mol. The van der Waals surface area contributed by atoms with Crippen molar-refractivity contribution in [3.63, 3.8) is 0 Å². The number of amides is 2. The lowest BCUT2D eigenvalue weighted by atomic mass is 9.84. The molecule has 4 rings (SSSR count). The van der Waals surface area contributed by atoms with Crippen LogP contribution in [0.1, 0.15) is 73.1 Å². The summed E-state index contributed by atoms with van der Waals surface area (Å²) in [6.45, 7) is 10.6. The van der Waals surface area contributed by atoms with E-state index in [0.717, 1.165) is 22.4 Å². The normalized spacial score (nSPS) is 19.4. The Morgan fingerprint density at radius 1 is 1.19 bits per heavy atom. The second-order valence-corrected chi connectivity index (χ2v) is 14.1. The monoisotopic (exact) mass is 548 g/mol. The summed E-state index contributed by atoms with van der Waals surface area (Å²) >= 11 is 1.46. The molecule has 2 aromatic rings. The number of hydrogen-bond donors (Lipinski definition) is 1. The van der Waals surface area contributed by atoms with E-state index in [1.54, 1.807) is 36.1 Å². The Hall–Kier alpha value is -2.43. The number of hydrogen-bond acceptors (Lipinski definition) is 7. The van der Waals surface area contributed by atoms with Gasteiger partial charge in [0.25, 0.3) is 5.91 Å². The molecule has 2 aliphatic rings. The smallest absolute Gasteiger partial charge is 0.410 e. The maximum absolute atomic E-state index is 13.0. The number of nitrogens with one attached hydrogen (secondary N) is 1. The molecule has 1 fully saturated rings. The van der Waals surface area contributed by atoms with E-state index in [-0.39, 0.29) is 28.8 Å². The third kappa shape index (κ3) is 6.18. The molecule has 202 valence electrons. The van der Waals surface area contributed by atoms with Crippen molar-refractivity contribution in [3.8, 4) is 0 Å². The van der Waals surface area contributed by atoms with Gasteiger partial charge in [-0.1, -0.05) is 19.1 Å². The molecule has 2 amide bonds. The number of sulfone groups is 1. The van der Waals surface area contributed by atoms with Crippen LogP contribution >= 0.6 is 11.3 Å². The van der Waals surface area contributed by atoms with Crippen LogP contribution in [0.25, 0.3) is 0 Å². The Bertz CT molecular complexity index is 1250. The third-order valence-corrected chi connectivity index (χ3v) is 9.83. The van der Waals surface area contributed by atoms with Crippen molar-refractivity contribution in [2.45, 2.75) is 82.6 Å². The fourth-order valence-corrected chi connectivity index (χ4v) is 7.02. The molecule has 10 heteroatoms. The maximum atomic E-state index is 13.0. The number of ether oxygens (including phenoxy) is 2. The Morgan fingerprint density at radius 3 is 2.43 bits per heavy atom. The zero-order valence-corrected chi connectivity index (χ0v) is 23.8. The molecule has 3 heterocycles. The minimum atomic E-state index is -3.25. The molecule has 8 nitrogen and oxygen atoms in total. The third-order valence-electron chi connectivity index (χ3n) is 6.72. The average molecular weight is 549 g/mol. The van der Waals surface area contributed by atoms with Crippen LogP contribution in [0, 0.1) is 0 Å². The maximum Gasteiger partial charge on any atom is 0.410 e. The van der Waals surface area contributed by atoms with Crippen molar-refractivity contribution in [3.05, 3.63) is 51.2 Å². The Labute approximate surface area is 223 Å². The van der Waals surface area contributed by atoms with Gasteiger partial charge in [-0.2, -0.15) is 0 Å². The van der Waals surface area contributed by atoms with Crippen LogP contribution in [0.2, 0.25) is 0 Å². The number of piperidine rings is 1. The number of nitrogens with zero attached hydrogens (tertiary/aromatic N) is 1. The molecule has 0 saturated carbocycles. The molecule has 0 radical (unpaired) electrons. The number of thiophene rings is 1. The van der Waals surface area contributed by atoms with Crippen LogP contribution < -0.4 is 5.32 Å². The van der Waals surface area contributed by atoms with Crippen LogP contribution in [-0.4, -0.2) is 55.9 Å². The molecule has 0 unspecified atom stereocenters. The molecule has 1 aromatic heterocycles. The van der Waals surface area contributed by atoms with E-state index in [4.69, 9.17) is 9.47 Å². The number of rotatable bonds is 5. The van der Waals surface area contributed by atoms with Crippen LogP contribution in [0.4, 0.5) is 4.79 Å². The van der Waals surface area contributed by atoms with Gasteiger partial charge in [-0.05, 0) is 76.3 Å². The van der Waals surface area contributed by atoms with Gasteiger partial charge in [0, 0.05) is 24.5 Å². The number of fused-ring (bicyclic) bond motifs is 2. The van der Waals surface area contributed by atoms with E-state index in [9.17, 15) is 18.0 Å². The predicted octanol–water partition coefficient (Wildman–Crippen LogP) is 4.66. The first-order chi connectivity index (χ1) is 17.3. The summed E-state index contributed by atoms with van der Waals surface area (Å²) in [6.07, 6.45) is 1.75. The van der Waals surface area contributed by atoms with Crippen LogP contribution in [0.15, 0.2) is 35.2 Å². The minimum Gasteiger partial charge on any atom is -0.444 e. The Morgan fingerprint density at radius 2 is 1.84 bits per heavy atom. The van der Waals surface area contributed by atoms with Crippen molar-refractivity contribution in [1.29, 1.82) is 0 Å². The predicted molar refractivity (Wildman–Crippen MR) is 143 cm³/mol. The fourth-order valence-electron chi connectivity index (χ4n) is 4.84.